The molecule has 0 fully saturated rings. The van der Waals surface area contributed by atoms with Gasteiger partial charge in [-0.15, -0.1) is 0 Å². The van der Waals surface area contributed by atoms with Crippen molar-refractivity contribution in [3.05, 3.63) is 71.5 Å². The second-order valence-corrected chi connectivity index (χ2v) is 8.13. The fourth-order valence-electron chi connectivity index (χ4n) is 3.25. The molecule has 166 valence electrons. The molecule has 2 N–H and O–H groups in total. The molecule has 0 spiro atoms. The van der Waals surface area contributed by atoms with Gasteiger partial charge in [0, 0.05) is 18.3 Å². The quantitative estimate of drug-likeness (QED) is 0.469. The molecule has 1 atom stereocenters. The molecule has 2 aromatic carbocycles. The number of aryl methyl sites for hydroxylation is 2. The molecular weight excluding hydrogens is 443 g/mol. The zero-order chi connectivity index (χ0) is 22.9. The Morgan fingerprint density at radius 2 is 1.75 bits per heavy atom. The second-order valence-electron chi connectivity index (χ2n) is 7.07. The zero-order valence-corrected chi connectivity index (χ0v) is 17.7. The van der Waals surface area contributed by atoms with Crippen LogP contribution < -0.4 is 5.14 Å². The van der Waals surface area contributed by atoms with E-state index in [-0.39, 0.29) is 5.89 Å². The van der Waals surface area contributed by atoms with Crippen LogP contribution in [0.1, 0.15) is 16.8 Å². The first-order valence-electron chi connectivity index (χ1n) is 9.50. The Hall–Kier alpha value is -3.31. The third-order valence-electron chi connectivity index (χ3n) is 4.99. The molecule has 2 heterocycles. The van der Waals surface area contributed by atoms with Crippen molar-refractivity contribution in [2.24, 2.45) is 12.2 Å². The minimum Gasteiger partial charge on any atom is -0.334 e. The Kier molecular flexibility index (Phi) is 5.94. The number of nitrogens with zero attached hydrogens (tertiary/aromatic N) is 4. The maximum absolute atomic E-state index is 12.7. The first-order chi connectivity index (χ1) is 15.2. The lowest BCUT2D eigenvalue weighted by Gasteiger charge is -2.08. The van der Waals surface area contributed by atoms with E-state index in [0.29, 0.717) is 34.7 Å². The first kappa shape index (κ1) is 21.9. The summed E-state index contributed by atoms with van der Waals surface area (Å²) >= 11 is 0. The van der Waals surface area contributed by atoms with E-state index in [1.165, 1.54) is 12.1 Å². The van der Waals surface area contributed by atoms with E-state index >= 15 is 0 Å². The van der Waals surface area contributed by atoms with Crippen molar-refractivity contribution in [3.8, 4) is 22.8 Å². The number of hydrogen-bond acceptors (Lipinski definition) is 5. The molecule has 11 heteroatoms. The lowest BCUT2D eigenvalue weighted by molar-refractivity contribution is -0.137. The van der Waals surface area contributed by atoms with Crippen molar-refractivity contribution in [1.82, 2.24) is 19.9 Å². The number of aromatic nitrogens is 4. The third kappa shape index (κ3) is 4.63. The van der Waals surface area contributed by atoms with Gasteiger partial charge in [-0.05, 0) is 54.8 Å². The average molecular weight is 461 g/mol. The highest BCUT2D eigenvalue weighted by Gasteiger charge is 2.29. The molecule has 0 amide bonds. The van der Waals surface area contributed by atoms with Gasteiger partial charge in [0.2, 0.25) is 5.82 Å². The Balaban J connectivity index is 1.52. The molecule has 0 bridgehead atoms. The lowest BCUT2D eigenvalue weighted by atomic mass is 10.0. The van der Waals surface area contributed by atoms with Crippen molar-refractivity contribution >= 4 is 11.0 Å². The van der Waals surface area contributed by atoms with Crippen LogP contribution in [-0.4, -0.2) is 24.1 Å². The summed E-state index contributed by atoms with van der Waals surface area (Å²) in [5.41, 5.74) is 2.25. The molecule has 0 radical (unpaired) electrons. The summed E-state index contributed by atoms with van der Waals surface area (Å²) < 4.78 is 56.6. The molecule has 0 saturated carbocycles. The summed E-state index contributed by atoms with van der Waals surface area (Å²) in [6.07, 6.45) is -1.69. The van der Waals surface area contributed by atoms with Crippen LogP contribution in [0.2, 0.25) is 0 Å². The Morgan fingerprint density at radius 3 is 2.38 bits per heavy atom. The van der Waals surface area contributed by atoms with Crippen LogP contribution in [0.3, 0.4) is 0 Å². The van der Waals surface area contributed by atoms with Crippen LogP contribution in [0.4, 0.5) is 13.2 Å². The van der Waals surface area contributed by atoms with E-state index in [0.717, 1.165) is 23.4 Å². The molecule has 2 aromatic heterocycles. The predicted molar refractivity (Wildman–Crippen MR) is 111 cm³/mol. The Morgan fingerprint density at radius 1 is 1.06 bits per heavy atom. The Bertz CT molecular complexity index is 1250. The second kappa shape index (κ2) is 8.67. The molecule has 4 aromatic rings. The summed E-state index contributed by atoms with van der Waals surface area (Å²) in [5.74, 6) is 0.633. The standard InChI is InChI=1S/C21H18F3N5O2S/c1-29-18(11-4-13-2-7-15(8-3-13)21(22,23)24)17(12-26-29)19-27-20(31-28-19)14-5-9-16(10-6-14)32(25)30/h2-3,5-10,12H,4,11,25H2,1H3. The van der Waals surface area contributed by atoms with E-state index in [9.17, 15) is 17.4 Å². The van der Waals surface area contributed by atoms with Crippen molar-refractivity contribution in [1.29, 1.82) is 0 Å². The summed E-state index contributed by atoms with van der Waals surface area (Å²) in [6.45, 7) is 0. The van der Waals surface area contributed by atoms with Gasteiger partial charge in [-0.25, -0.2) is 9.35 Å². The van der Waals surface area contributed by atoms with Crippen molar-refractivity contribution < 1.29 is 21.9 Å². The molecule has 0 aliphatic heterocycles. The molecule has 32 heavy (non-hydrogen) atoms. The molecule has 1 unspecified atom stereocenters. The van der Waals surface area contributed by atoms with Gasteiger partial charge < -0.3 is 4.52 Å². The Labute approximate surface area is 183 Å². The van der Waals surface area contributed by atoms with Gasteiger partial charge in [0.15, 0.2) is 0 Å². The number of nitrogens with two attached hydrogens (primary N) is 1. The van der Waals surface area contributed by atoms with E-state index in [1.807, 2.05) is 0 Å². The fourth-order valence-corrected chi connectivity index (χ4v) is 3.66. The van der Waals surface area contributed by atoms with Gasteiger partial charge >= 0.3 is 6.18 Å². The summed E-state index contributed by atoms with van der Waals surface area (Å²) in [4.78, 5) is 4.91. The highest BCUT2D eigenvalue weighted by Crippen LogP contribution is 2.30. The zero-order valence-electron chi connectivity index (χ0n) is 16.8. The average Bonchev–Trinajstić information content (AvgIpc) is 3.39. The minimum atomic E-state index is -4.36. The van der Waals surface area contributed by atoms with Crippen LogP contribution in [0.25, 0.3) is 22.8 Å². The molecule has 4 rings (SSSR count). The highest BCUT2D eigenvalue weighted by molar-refractivity contribution is 7.82. The van der Waals surface area contributed by atoms with Crippen LogP contribution in [-0.2, 0) is 37.1 Å². The summed E-state index contributed by atoms with van der Waals surface area (Å²) in [6, 6.07) is 11.7. The van der Waals surface area contributed by atoms with Crippen molar-refractivity contribution in [3.63, 3.8) is 0 Å². The fraction of sp³-hybridized carbons (Fsp3) is 0.190. The number of rotatable bonds is 6. The highest BCUT2D eigenvalue weighted by atomic mass is 32.2. The number of halogens is 3. The van der Waals surface area contributed by atoms with Crippen molar-refractivity contribution in [2.45, 2.75) is 23.9 Å². The number of hydrogen-bond donors (Lipinski definition) is 1. The SMILES string of the molecule is Cn1ncc(-c2noc(-c3ccc(S(N)=O)cc3)n2)c1CCc1ccc(C(F)(F)F)cc1. The smallest absolute Gasteiger partial charge is 0.334 e. The monoisotopic (exact) mass is 461 g/mol. The minimum absolute atomic E-state index is 0.284. The van der Waals surface area contributed by atoms with Gasteiger partial charge in [0.05, 0.1) is 22.2 Å². The maximum Gasteiger partial charge on any atom is 0.416 e. The molecule has 0 aliphatic carbocycles. The molecule has 7 nitrogen and oxygen atoms in total. The molecule has 0 aliphatic rings. The summed E-state index contributed by atoms with van der Waals surface area (Å²) in [7, 11) is 0.200. The van der Waals surface area contributed by atoms with E-state index in [1.54, 1.807) is 42.2 Å². The van der Waals surface area contributed by atoms with Gasteiger partial charge in [-0.2, -0.15) is 23.3 Å². The van der Waals surface area contributed by atoms with Crippen molar-refractivity contribution in [2.75, 3.05) is 0 Å². The normalized spacial score (nSPS) is 12.8. The molecule has 0 saturated heterocycles. The lowest BCUT2D eigenvalue weighted by Crippen LogP contribution is -2.05. The first-order valence-corrected chi connectivity index (χ1v) is 10.7. The number of alkyl halides is 3. The third-order valence-corrected chi connectivity index (χ3v) is 5.73. The van der Waals surface area contributed by atoms with Crippen LogP contribution in [0, 0.1) is 0 Å². The van der Waals surface area contributed by atoms with E-state index in [2.05, 4.69) is 15.2 Å². The largest absolute Gasteiger partial charge is 0.416 e. The van der Waals surface area contributed by atoms with Crippen LogP contribution in [0.15, 0.2) is 64.1 Å². The summed E-state index contributed by atoms with van der Waals surface area (Å²) in [5, 5.41) is 13.7. The van der Waals surface area contributed by atoms with E-state index < -0.39 is 22.7 Å². The van der Waals surface area contributed by atoms with Gasteiger partial charge in [-0.3, -0.25) is 4.68 Å². The topological polar surface area (TPSA) is 99.8 Å². The molecular formula is C21H18F3N5O2S. The van der Waals surface area contributed by atoms with Gasteiger partial charge in [-0.1, -0.05) is 17.3 Å². The number of benzene rings is 2. The maximum atomic E-state index is 12.7. The van der Waals surface area contributed by atoms with Crippen LogP contribution in [0.5, 0.6) is 0 Å². The van der Waals surface area contributed by atoms with Gasteiger partial charge in [0.25, 0.3) is 5.89 Å². The predicted octanol–water partition coefficient (Wildman–Crippen LogP) is 3.92. The van der Waals surface area contributed by atoms with Gasteiger partial charge in [0.1, 0.15) is 11.0 Å². The van der Waals surface area contributed by atoms with E-state index in [4.69, 9.17) is 9.66 Å². The van der Waals surface area contributed by atoms with Crippen LogP contribution >= 0.6 is 0 Å².